The van der Waals surface area contributed by atoms with Crippen molar-refractivity contribution in [1.82, 2.24) is 5.32 Å². The number of amides is 1. The van der Waals surface area contributed by atoms with Crippen LogP contribution in [0, 0.1) is 5.92 Å². The molecular weight excluding hydrogens is 280 g/mol. The van der Waals surface area contributed by atoms with Crippen LogP contribution < -0.4 is 11.1 Å². The quantitative estimate of drug-likeness (QED) is 0.822. The summed E-state index contributed by atoms with van der Waals surface area (Å²) in [5.41, 5.74) is 6.82. The molecule has 0 bridgehead atoms. The number of nitrogens with two attached hydrogens (primary N) is 1. The SMILES string of the molecule is CC1CCc2sc(C(=O)NCCCCN)cc2C1.Cl. The number of nitrogens with one attached hydrogen (secondary N) is 1. The fraction of sp³-hybridized carbons (Fsp3) is 0.643. The topological polar surface area (TPSA) is 55.1 Å². The highest BCUT2D eigenvalue weighted by molar-refractivity contribution is 7.14. The van der Waals surface area contributed by atoms with Crippen molar-refractivity contribution in [1.29, 1.82) is 0 Å². The molecule has 0 radical (unpaired) electrons. The number of hydrogen-bond acceptors (Lipinski definition) is 3. The number of halogens is 1. The van der Waals surface area contributed by atoms with E-state index < -0.39 is 0 Å². The number of carbonyl (C=O) groups is 1. The van der Waals surface area contributed by atoms with Gasteiger partial charge >= 0.3 is 0 Å². The monoisotopic (exact) mass is 302 g/mol. The van der Waals surface area contributed by atoms with Crippen LogP contribution in [-0.4, -0.2) is 19.0 Å². The van der Waals surface area contributed by atoms with E-state index in [9.17, 15) is 4.79 Å². The summed E-state index contributed by atoms with van der Waals surface area (Å²) in [6, 6.07) is 2.09. The highest BCUT2D eigenvalue weighted by Gasteiger charge is 2.20. The predicted octanol–water partition coefficient (Wildman–Crippen LogP) is 2.76. The molecule has 0 aliphatic heterocycles. The first-order valence-electron chi connectivity index (χ1n) is 6.80. The maximum atomic E-state index is 12.0. The Morgan fingerprint density at radius 3 is 3.05 bits per heavy atom. The van der Waals surface area contributed by atoms with Crippen LogP contribution in [0.4, 0.5) is 0 Å². The van der Waals surface area contributed by atoms with Crippen molar-refractivity contribution in [3.05, 3.63) is 21.4 Å². The molecule has 1 heterocycles. The molecule has 0 spiro atoms. The molecule has 1 aliphatic rings. The molecule has 2 rings (SSSR count). The van der Waals surface area contributed by atoms with E-state index in [-0.39, 0.29) is 18.3 Å². The van der Waals surface area contributed by atoms with Crippen LogP contribution in [-0.2, 0) is 12.8 Å². The molecule has 108 valence electrons. The van der Waals surface area contributed by atoms with Gasteiger partial charge in [-0.3, -0.25) is 4.79 Å². The van der Waals surface area contributed by atoms with Crippen molar-refractivity contribution >= 4 is 29.7 Å². The van der Waals surface area contributed by atoms with Gasteiger partial charge in [-0.2, -0.15) is 0 Å². The number of aryl methyl sites for hydroxylation is 1. The summed E-state index contributed by atoms with van der Waals surface area (Å²) in [7, 11) is 0. The first-order chi connectivity index (χ1) is 8.70. The zero-order valence-electron chi connectivity index (χ0n) is 11.4. The minimum atomic E-state index is 0. The van der Waals surface area contributed by atoms with E-state index in [4.69, 9.17) is 5.73 Å². The lowest BCUT2D eigenvalue weighted by atomic mass is 9.90. The van der Waals surface area contributed by atoms with Crippen LogP contribution in [0.1, 0.15) is 46.3 Å². The molecule has 1 aromatic rings. The zero-order chi connectivity index (χ0) is 13.0. The Balaban J connectivity index is 0.00000180. The van der Waals surface area contributed by atoms with Gasteiger partial charge in [0.25, 0.3) is 5.91 Å². The molecule has 1 aromatic heterocycles. The van der Waals surface area contributed by atoms with E-state index in [1.54, 1.807) is 11.3 Å². The fourth-order valence-corrected chi connectivity index (χ4v) is 3.50. The molecule has 19 heavy (non-hydrogen) atoms. The first kappa shape index (κ1) is 16.5. The van der Waals surface area contributed by atoms with Gasteiger partial charge in [0.05, 0.1) is 4.88 Å². The molecule has 0 fully saturated rings. The van der Waals surface area contributed by atoms with Gasteiger partial charge in [0.2, 0.25) is 0 Å². The van der Waals surface area contributed by atoms with Crippen LogP contribution in [0.3, 0.4) is 0 Å². The number of rotatable bonds is 5. The van der Waals surface area contributed by atoms with E-state index in [1.165, 1.54) is 16.9 Å². The third kappa shape index (κ3) is 4.48. The maximum absolute atomic E-state index is 12.0. The largest absolute Gasteiger partial charge is 0.351 e. The number of thiophene rings is 1. The van der Waals surface area contributed by atoms with Crippen LogP contribution >= 0.6 is 23.7 Å². The van der Waals surface area contributed by atoms with Crippen LogP contribution in [0.25, 0.3) is 0 Å². The zero-order valence-corrected chi connectivity index (χ0v) is 13.0. The van der Waals surface area contributed by atoms with E-state index in [1.807, 2.05) is 0 Å². The molecule has 5 heteroatoms. The summed E-state index contributed by atoms with van der Waals surface area (Å²) in [4.78, 5) is 14.3. The highest BCUT2D eigenvalue weighted by atomic mass is 35.5. The Morgan fingerprint density at radius 1 is 1.53 bits per heavy atom. The first-order valence-corrected chi connectivity index (χ1v) is 7.62. The fourth-order valence-electron chi connectivity index (χ4n) is 2.38. The molecule has 1 aliphatic carbocycles. The average molecular weight is 303 g/mol. The summed E-state index contributed by atoms with van der Waals surface area (Å²) < 4.78 is 0. The Morgan fingerprint density at radius 2 is 2.32 bits per heavy atom. The smallest absolute Gasteiger partial charge is 0.261 e. The summed E-state index contributed by atoms with van der Waals surface area (Å²) >= 11 is 1.67. The molecule has 0 aromatic carbocycles. The summed E-state index contributed by atoms with van der Waals surface area (Å²) in [5.74, 6) is 0.839. The van der Waals surface area contributed by atoms with E-state index >= 15 is 0 Å². The average Bonchev–Trinajstić information content (AvgIpc) is 2.77. The minimum Gasteiger partial charge on any atom is -0.351 e. The molecule has 1 amide bonds. The van der Waals surface area contributed by atoms with Gasteiger partial charge in [-0.25, -0.2) is 0 Å². The second-order valence-electron chi connectivity index (χ2n) is 5.16. The second kappa shape index (κ2) is 7.88. The van der Waals surface area contributed by atoms with Crippen LogP contribution in [0.2, 0.25) is 0 Å². The second-order valence-corrected chi connectivity index (χ2v) is 6.30. The van der Waals surface area contributed by atoms with Gasteiger partial charge in [0.15, 0.2) is 0 Å². The van der Waals surface area contributed by atoms with Crippen molar-refractivity contribution in [3.63, 3.8) is 0 Å². The summed E-state index contributed by atoms with van der Waals surface area (Å²) in [5, 5.41) is 2.97. The molecule has 1 unspecified atom stereocenters. The number of fused-ring (bicyclic) bond motifs is 1. The number of hydrogen-bond donors (Lipinski definition) is 2. The third-order valence-electron chi connectivity index (χ3n) is 3.47. The summed E-state index contributed by atoms with van der Waals surface area (Å²) in [6.45, 7) is 3.71. The molecule has 0 saturated heterocycles. The van der Waals surface area contributed by atoms with Gasteiger partial charge in [-0.05, 0) is 56.2 Å². The van der Waals surface area contributed by atoms with Crippen LogP contribution in [0.15, 0.2) is 6.07 Å². The van der Waals surface area contributed by atoms with Crippen molar-refractivity contribution < 1.29 is 4.79 Å². The van der Waals surface area contributed by atoms with E-state index in [0.717, 1.165) is 43.0 Å². The van der Waals surface area contributed by atoms with Gasteiger partial charge in [0.1, 0.15) is 0 Å². The van der Waals surface area contributed by atoms with Crippen molar-refractivity contribution in [2.24, 2.45) is 11.7 Å². The molecule has 3 N–H and O–H groups in total. The lowest BCUT2D eigenvalue weighted by molar-refractivity contribution is 0.0957. The lowest BCUT2D eigenvalue weighted by Crippen LogP contribution is -2.24. The molecule has 0 saturated carbocycles. The van der Waals surface area contributed by atoms with Crippen molar-refractivity contribution in [2.45, 2.75) is 39.0 Å². The molecular formula is C14H23ClN2OS. The van der Waals surface area contributed by atoms with Gasteiger partial charge in [0, 0.05) is 11.4 Å². The maximum Gasteiger partial charge on any atom is 0.261 e. The van der Waals surface area contributed by atoms with E-state index in [0.29, 0.717) is 6.54 Å². The highest BCUT2D eigenvalue weighted by Crippen LogP contribution is 2.32. The Bertz CT molecular complexity index is 420. The number of carbonyl (C=O) groups excluding carboxylic acids is 1. The standard InChI is InChI=1S/C14H22N2OS.ClH/c1-10-4-5-12-11(8-10)9-13(18-12)14(17)16-7-3-2-6-15;/h9-10H,2-8,15H2,1H3,(H,16,17);1H. The van der Waals surface area contributed by atoms with Gasteiger partial charge < -0.3 is 11.1 Å². The van der Waals surface area contributed by atoms with E-state index in [2.05, 4.69) is 18.3 Å². The minimum absolute atomic E-state index is 0. The van der Waals surface area contributed by atoms with Gasteiger partial charge in [-0.1, -0.05) is 6.92 Å². The Labute approximate surface area is 125 Å². The lowest BCUT2D eigenvalue weighted by Gasteiger charge is -2.16. The van der Waals surface area contributed by atoms with Crippen LogP contribution in [0.5, 0.6) is 0 Å². The summed E-state index contributed by atoms with van der Waals surface area (Å²) in [6.07, 6.45) is 5.46. The third-order valence-corrected chi connectivity index (χ3v) is 4.71. The Kier molecular flexibility index (Phi) is 6.83. The van der Waals surface area contributed by atoms with Gasteiger partial charge in [-0.15, -0.1) is 23.7 Å². The molecule has 3 nitrogen and oxygen atoms in total. The number of unbranched alkanes of at least 4 members (excludes halogenated alkanes) is 1. The van der Waals surface area contributed by atoms with Crippen molar-refractivity contribution in [3.8, 4) is 0 Å². The Hall–Kier alpha value is -0.580. The van der Waals surface area contributed by atoms with Crippen molar-refractivity contribution in [2.75, 3.05) is 13.1 Å². The molecule has 1 atom stereocenters. The predicted molar refractivity (Wildman–Crippen MR) is 83.4 cm³/mol. The normalized spacial score (nSPS) is 17.5.